The van der Waals surface area contributed by atoms with Gasteiger partial charge >= 0.3 is 0 Å². The average molecular weight is 324 g/mol. The number of ether oxygens (including phenoxy) is 1. The second kappa shape index (κ2) is 8.39. The van der Waals surface area contributed by atoms with E-state index in [0.29, 0.717) is 17.3 Å². The molecule has 0 saturated heterocycles. The van der Waals surface area contributed by atoms with Crippen molar-refractivity contribution in [1.82, 2.24) is 0 Å². The summed E-state index contributed by atoms with van der Waals surface area (Å²) in [6.07, 6.45) is 0. The van der Waals surface area contributed by atoms with Crippen LogP contribution in [-0.2, 0) is 0 Å². The van der Waals surface area contributed by atoms with Crippen molar-refractivity contribution >= 4 is 23.1 Å². The molecule has 2 aromatic rings. The number of rotatable bonds is 4. The van der Waals surface area contributed by atoms with Crippen molar-refractivity contribution in [1.29, 1.82) is 0 Å². The van der Waals surface area contributed by atoms with Crippen molar-refractivity contribution in [3.8, 4) is 5.75 Å². The van der Waals surface area contributed by atoms with Crippen LogP contribution in [0.3, 0.4) is 0 Å². The maximum atomic E-state index is 13.2. The lowest BCUT2D eigenvalue weighted by atomic mass is 10.0. The zero-order valence-corrected chi connectivity index (χ0v) is 13.6. The molecule has 118 valence electrons. The van der Waals surface area contributed by atoms with Crippen molar-refractivity contribution in [3.63, 3.8) is 0 Å². The maximum Gasteiger partial charge on any atom is 0.198 e. The number of hydrogen-bond acceptors (Lipinski definition) is 3. The Morgan fingerprint density at radius 3 is 2.50 bits per heavy atom. The Labute approximate surface area is 134 Å². The molecule has 0 heterocycles. The lowest BCUT2D eigenvalue weighted by molar-refractivity contribution is 0.103. The molecular weight excluding hydrogens is 305 g/mol. The average Bonchev–Trinajstić information content (AvgIpc) is 2.52. The molecular formula is C17H19ClFNO2. The minimum absolute atomic E-state index is 0.192. The van der Waals surface area contributed by atoms with Gasteiger partial charge in [0, 0.05) is 22.3 Å². The van der Waals surface area contributed by atoms with Crippen LogP contribution in [0, 0.1) is 5.82 Å². The van der Waals surface area contributed by atoms with Gasteiger partial charge in [0.15, 0.2) is 5.78 Å². The molecule has 0 spiro atoms. The number of anilines is 1. The minimum atomic E-state index is -0.468. The molecule has 3 nitrogen and oxygen atoms in total. The van der Waals surface area contributed by atoms with Crippen molar-refractivity contribution in [2.75, 3.05) is 12.3 Å². The molecule has 0 aliphatic carbocycles. The quantitative estimate of drug-likeness (QED) is 0.654. The first-order valence-corrected chi connectivity index (χ1v) is 7.42. The van der Waals surface area contributed by atoms with Gasteiger partial charge < -0.3 is 10.5 Å². The Bertz CT molecular complexity index is 659. The number of benzene rings is 2. The predicted octanol–water partition coefficient (Wildman–Crippen LogP) is 4.72. The normalized spacial score (nSPS) is 9.68. The molecule has 0 atom stereocenters. The number of carbonyl (C=O) groups is 1. The van der Waals surface area contributed by atoms with E-state index >= 15 is 0 Å². The van der Waals surface area contributed by atoms with Crippen molar-refractivity contribution in [2.45, 2.75) is 20.8 Å². The largest absolute Gasteiger partial charge is 0.493 e. The summed E-state index contributed by atoms with van der Waals surface area (Å²) in [5, 5.41) is 0.405. The van der Waals surface area contributed by atoms with Crippen molar-refractivity contribution < 1.29 is 13.9 Å². The molecule has 0 aliphatic rings. The first-order valence-electron chi connectivity index (χ1n) is 7.05. The SMILES string of the molecule is CC.CCOc1cc(F)ccc1C(=O)c1cc(Cl)ccc1N. The fraction of sp³-hybridized carbons (Fsp3) is 0.235. The molecule has 0 aromatic heterocycles. The topological polar surface area (TPSA) is 52.3 Å². The van der Waals surface area contributed by atoms with Gasteiger partial charge in [0.2, 0.25) is 0 Å². The van der Waals surface area contributed by atoms with Crippen LogP contribution in [0.4, 0.5) is 10.1 Å². The van der Waals surface area contributed by atoms with E-state index in [1.165, 1.54) is 24.3 Å². The number of halogens is 2. The highest BCUT2D eigenvalue weighted by molar-refractivity contribution is 6.31. The van der Waals surface area contributed by atoms with Crippen LogP contribution in [0.1, 0.15) is 36.7 Å². The van der Waals surface area contributed by atoms with Gasteiger partial charge in [-0.15, -0.1) is 0 Å². The molecule has 2 N–H and O–H groups in total. The van der Waals surface area contributed by atoms with E-state index in [1.807, 2.05) is 13.8 Å². The zero-order chi connectivity index (χ0) is 16.7. The molecule has 0 fully saturated rings. The molecule has 0 unspecified atom stereocenters. The van der Waals surface area contributed by atoms with Gasteiger partial charge in [0.25, 0.3) is 0 Å². The minimum Gasteiger partial charge on any atom is -0.493 e. The van der Waals surface area contributed by atoms with Crippen LogP contribution in [0.5, 0.6) is 5.75 Å². The smallest absolute Gasteiger partial charge is 0.198 e. The first kappa shape index (κ1) is 18.0. The van der Waals surface area contributed by atoms with E-state index in [1.54, 1.807) is 19.1 Å². The number of nitrogens with two attached hydrogens (primary N) is 1. The van der Waals surface area contributed by atoms with E-state index in [9.17, 15) is 9.18 Å². The number of hydrogen-bond donors (Lipinski definition) is 1. The first-order chi connectivity index (χ1) is 10.5. The molecule has 2 rings (SSSR count). The lowest BCUT2D eigenvalue weighted by Gasteiger charge is -2.11. The Morgan fingerprint density at radius 2 is 1.86 bits per heavy atom. The van der Waals surface area contributed by atoms with Crippen LogP contribution < -0.4 is 10.5 Å². The molecule has 0 amide bonds. The fourth-order valence-corrected chi connectivity index (χ4v) is 2.00. The highest BCUT2D eigenvalue weighted by Crippen LogP contribution is 2.27. The predicted molar refractivity (Wildman–Crippen MR) is 88.2 cm³/mol. The molecule has 5 heteroatoms. The highest BCUT2D eigenvalue weighted by Gasteiger charge is 2.18. The van der Waals surface area contributed by atoms with E-state index in [-0.39, 0.29) is 22.7 Å². The molecule has 0 radical (unpaired) electrons. The van der Waals surface area contributed by atoms with Crippen molar-refractivity contribution in [3.05, 3.63) is 58.4 Å². The summed E-state index contributed by atoms with van der Waals surface area (Å²) in [5.41, 5.74) is 6.62. The molecule has 0 bridgehead atoms. The van der Waals surface area contributed by atoms with Gasteiger partial charge in [0.1, 0.15) is 11.6 Å². The number of nitrogen functional groups attached to an aromatic ring is 1. The fourth-order valence-electron chi connectivity index (χ4n) is 1.83. The van der Waals surface area contributed by atoms with E-state index in [0.717, 1.165) is 0 Å². The number of ketones is 1. The Hall–Kier alpha value is -2.07. The van der Waals surface area contributed by atoms with Gasteiger partial charge in [-0.1, -0.05) is 25.4 Å². The van der Waals surface area contributed by atoms with E-state index in [4.69, 9.17) is 22.1 Å². The van der Waals surface area contributed by atoms with Gasteiger partial charge in [-0.2, -0.15) is 0 Å². The standard InChI is InChI=1S/C15H13ClFNO2.C2H6/c1-2-20-14-8-10(17)4-5-11(14)15(19)12-7-9(16)3-6-13(12)18;1-2/h3-8H,2,18H2,1H3;1-2H3. The Morgan fingerprint density at radius 1 is 1.18 bits per heavy atom. The summed E-state index contributed by atoms with van der Waals surface area (Å²) in [6.45, 7) is 6.08. The monoisotopic (exact) mass is 323 g/mol. The zero-order valence-electron chi connectivity index (χ0n) is 12.8. The van der Waals surface area contributed by atoms with Crippen LogP contribution >= 0.6 is 11.6 Å². The van der Waals surface area contributed by atoms with Gasteiger partial charge in [0.05, 0.1) is 12.2 Å². The van der Waals surface area contributed by atoms with Crippen LogP contribution in [0.25, 0.3) is 0 Å². The molecule has 22 heavy (non-hydrogen) atoms. The Kier molecular flexibility index (Phi) is 6.86. The molecule has 2 aromatic carbocycles. The highest BCUT2D eigenvalue weighted by atomic mass is 35.5. The van der Waals surface area contributed by atoms with E-state index < -0.39 is 5.82 Å². The molecule has 0 aliphatic heterocycles. The van der Waals surface area contributed by atoms with Crippen molar-refractivity contribution in [2.24, 2.45) is 0 Å². The third-order valence-corrected chi connectivity index (χ3v) is 2.98. The second-order valence-electron chi connectivity index (χ2n) is 4.13. The summed E-state index contributed by atoms with van der Waals surface area (Å²) < 4.78 is 18.5. The van der Waals surface area contributed by atoms with Gasteiger partial charge in [-0.25, -0.2) is 4.39 Å². The van der Waals surface area contributed by atoms with E-state index in [2.05, 4.69) is 0 Å². The van der Waals surface area contributed by atoms with Gasteiger partial charge in [-0.3, -0.25) is 4.79 Å². The Balaban J connectivity index is 0.00000116. The van der Waals surface area contributed by atoms with Crippen LogP contribution in [0.2, 0.25) is 5.02 Å². The summed E-state index contributed by atoms with van der Waals surface area (Å²) in [7, 11) is 0. The third kappa shape index (κ3) is 4.21. The summed E-state index contributed by atoms with van der Waals surface area (Å²) in [5.74, 6) is -0.630. The third-order valence-electron chi connectivity index (χ3n) is 2.75. The van der Waals surface area contributed by atoms with Gasteiger partial charge in [-0.05, 0) is 37.3 Å². The summed E-state index contributed by atoms with van der Waals surface area (Å²) in [6, 6.07) is 8.40. The summed E-state index contributed by atoms with van der Waals surface area (Å²) >= 11 is 5.88. The van der Waals surface area contributed by atoms with Crippen LogP contribution in [0.15, 0.2) is 36.4 Å². The second-order valence-corrected chi connectivity index (χ2v) is 4.57. The van der Waals surface area contributed by atoms with Crippen LogP contribution in [-0.4, -0.2) is 12.4 Å². The lowest BCUT2D eigenvalue weighted by Crippen LogP contribution is -2.08. The molecule has 0 saturated carbocycles. The number of carbonyl (C=O) groups excluding carboxylic acids is 1. The summed E-state index contributed by atoms with van der Waals surface area (Å²) in [4.78, 5) is 12.5. The maximum absolute atomic E-state index is 13.2.